The molecule has 1 aromatic carbocycles. The second kappa shape index (κ2) is 3.87. The number of fused-ring (bicyclic) bond motifs is 1. The average molecular weight is 266 g/mol. The van der Waals surface area contributed by atoms with Gasteiger partial charge < -0.3 is 5.73 Å². The minimum atomic E-state index is -0.0737. The molecule has 15 heavy (non-hydrogen) atoms. The lowest BCUT2D eigenvalue weighted by Gasteiger charge is -2.09. The molecule has 2 rings (SSSR count). The van der Waals surface area contributed by atoms with E-state index in [4.69, 9.17) is 5.73 Å². The van der Waals surface area contributed by atoms with Crippen molar-refractivity contribution in [3.05, 3.63) is 34.2 Å². The van der Waals surface area contributed by atoms with Gasteiger partial charge in [-0.1, -0.05) is 15.9 Å². The topological polar surface area (TPSA) is 51.8 Å². The Morgan fingerprint density at radius 1 is 1.33 bits per heavy atom. The van der Waals surface area contributed by atoms with Gasteiger partial charge >= 0.3 is 0 Å². The minimum absolute atomic E-state index is 0.0737. The monoisotopic (exact) mass is 265 g/mol. The first-order valence-corrected chi connectivity index (χ1v) is 5.56. The Morgan fingerprint density at radius 2 is 2.07 bits per heavy atom. The quantitative estimate of drug-likeness (QED) is 0.863. The van der Waals surface area contributed by atoms with Crippen molar-refractivity contribution in [1.82, 2.24) is 9.97 Å². The molecule has 1 atom stereocenters. The zero-order valence-electron chi connectivity index (χ0n) is 8.66. The molecular formula is C11H12BrN3. The highest BCUT2D eigenvalue weighted by molar-refractivity contribution is 9.10. The van der Waals surface area contributed by atoms with Crippen LogP contribution in [-0.2, 0) is 0 Å². The van der Waals surface area contributed by atoms with Gasteiger partial charge in [0.1, 0.15) is 5.82 Å². The van der Waals surface area contributed by atoms with Gasteiger partial charge in [0.15, 0.2) is 0 Å². The summed E-state index contributed by atoms with van der Waals surface area (Å²) >= 11 is 3.43. The van der Waals surface area contributed by atoms with Crippen LogP contribution in [-0.4, -0.2) is 9.97 Å². The number of benzene rings is 1. The normalized spacial score (nSPS) is 13.1. The van der Waals surface area contributed by atoms with Crippen LogP contribution in [0.5, 0.6) is 0 Å². The summed E-state index contributed by atoms with van der Waals surface area (Å²) in [5.41, 5.74) is 7.73. The van der Waals surface area contributed by atoms with Crippen LogP contribution < -0.4 is 5.73 Å². The van der Waals surface area contributed by atoms with Crippen molar-refractivity contribution in [2.24, 2.45) is 5.73 Å². The molecule has 0 saturated carbocycles. The molecule has 1 heterocycles. The van der Waals surface area contributed by atoms with Gasteiger partial charge in [0.05, 0.1) is 11.2 Å². The van der Waals surface area contributed by atoms with E-state index in [1.165, 1.54) is 0 Å². The Hall–Kier alpha value is -1.00. The van der Waals surface area contributed by atoms with Gasteiger partial charge in [-0.25, -0.2) is 9.97 Å². The van der Waals surface area contributed by atoms with Crippen molar-refractivity contribution in [1.29, 1.82) is 0 Å². The predicted molar refractivity (Wildman–Crippen MR) is 64.6 cm³/mol. The van der Waals surface area contributed by atoms with E-state index >= 15 is 0 Å². The molecule has 0 aliphatic rings. The first kappa shape index (κ1) is 10.5. The van der Waals surface area contributed by atoms with Crippen molar-refractivity contribution in [3.8, 4) is 0 Å². The molecule has 0 amide bonds. The van der Waals surface area contributed by atoms with Crippen molar-refractivity contribution in [3.63, 3.8) is 0 Å². The van der Waals surface area contributed by atoms with E-state index in [-0.39, 0.29) is 6.04 Å². The zero-order valence-corrected chi connectivity index (χ0v) is 10.2. The molecule has 0 bridgehead atoms. The molecular weight excluding hydrogens is 254 g/mol. The van der Waals surface area contributed by atoms with Crippen LogP contribution in [0.2, 0.25) is 0 Å². The van der Waals surface area contributed by atoms with Crippen molar-refractivity contribution in [2.45, 2.75) is 19.9 Å². The Labute approximate surface area is 96.9 Å². The number of hydrogen-bond donors (Lipinski definition) is 1. The number of aryl methyl sites for hydroxylation is 1. The molecule has 0 spiro atoms. The number of nitrogens with two attached hydrogens (primary N) is 1. The SMILES string of the molecule is Cc1nc(C(C)N)c2ccc(Br)cc2n1. The fraction of sp³-hybridized carbons (Fsp3) is 0.273. The van der Waals surface area contributed by atoms with E-state index < -0.39 is 0 Å². The maximum atomic E-state index is 5.88. The lowest BCUT2D eigenvalue weighted by atomic mass is 10.1. The van der Waals surface area contributed by atoms with Gasteiger partial charge in [-0.15, -0.1) is 0 Å². The van der Waals surface area contributed by atoms with Crippen LogP contribution in [0.3, 0.4) is 0 Å². The summed E-state index contributed by atoms with van der Waals surface area (Å²) in [6.07, 6.45) is 0. The van der Waals surface area contributed by atoms with E-state index in [2.05, 4.69) is 25.9 Å². The Balaban J connectivity index is 2.80. The van der Waals surface area contributed by atoms with Gasteiger partial charge in [0, 0.05) is 15.9 Å². The van der Waals surface area contributed by atoms with Gasteiger partial charge in [-0.05, 0) is 32.0 Å². The molecule has 0 fully saturated rings. The largest absolute Gasteiger partial charge is 0.323 e. The summed E-state index contributed by atoms with van der Waals surface area (Å²) in [7, 11) is 0. The summed E-state index contributed by atoms with van der Waals surface area (Å²) in [5.74, 6) is 0.757. The third-order valence-electron chi connectivity index (χ3n) is 2.23. The van der Waals surface area contributed by atoms with E-state index in [9.17, 15) is 0 Å². The molecule has 1 aromatic heterocycles. The molecule has 0 radical (unpaired) electrons. The van der Waals surface area contributed by atoms with E-state index in [1.807, 2.05) is 32.0 Å². The molecule has 1 unspecified atom stereocenters. The van der Waals surface area contributed by atoms with Crippen molar-refractivity contribution in [2.75, 3.05) is 0 Å². The summed E-state index contributed by atoms with van der Waals surface area (Å²) in [4.78, 5) is 8.76. The van der Waals surface area contributed by atoms with Gasteiger partial charge in [0.25, 0.3) is 0 Å². The standard InChI is InChI=1S/C11H12BrN3/c1-6(13)11-9-4-3-8(12)5-10(9)14-7(2)15-11/h3-6H,13H2,1-2H3. The summed E-state index contributed by atoms with van der Waals surface area (Å²) in [6, 6.07) is 5.88. The summed E-state index contributed by atoms with van der Waals surface area (Å²) in [6.45, 7) is 3.81. The molecule has 0 aliphatic heterocycles. The maximum absolute atomic E-state index is 5.88. The molecule has 2 aromatic rings. The highest BCUT2D eigenvalue weighted by atomic mass is 79.9. The fourth-order valence-corrected chi connectivity index (χ4v) is 1.94. The summed E-state index contributed by atoms with van der Waals surface area (Å²) in [5, 5.41) is 1.03. The fourth-order valence-electron chi connectivity index (χ4n) is 1.59. The lowest BCUT2D eigenvalue weighted by Crippen LogP contribution is -2.09. The van der Waals surface area contributed by atoms with Gasteiger partial charge in [-0.3, -0.25) is 0 Å². The second-order valence-corrected chi connectivity index (χ2v) is 4.52. The first-order valence-electron chi connectivity index (χ1n) is 4.77. The first-order chi connectivity index (χ1) is 7.08. The highest BCUT2D eigenvalue weighted by Crippen LogP contribution is 2.23. The average Bonchev–Trinajstić information content (AvgIpc) is 2.15. The van der Waals surface area contributed by atoms with Crippen LogP contribution in [0.1, 0.15) is 24.5 Å². The Bertz CT molecular complexity index is 503. The van der Waals surface area contributed by atoms with Crippen LogP contribution in [0.4, 0.5) is 0 Å². The van der Waals surface area contributed by atoms with Crippen molar-refractivity contribution >= 4 is 26.8 Å². The van der Waals surface area contributed by atoms with Crippen LogP contribution in [0.25, 0.3) is 10.9 Å². The van der Waals surface area contributed by atoms with E-state index in [0.29, 0.717) is 0 Å². The Kier molecular flexibility index (Phi) is 2.71. The Morgan fingerprint density at radius 3 is 2.73 bits per heavy atom. The molecule has 78 valence electrons. The van der Waals surface area contributed by atoms with Gasteiger partial charge in [0.2, 0.25) is 0 Å². The van der Waals surface area contributed by atoms with Crippen LogP contribution >= 0.6 is 15.9 Å². The van der Waals surface area contributed by atoms with Crippen LogP contribution in [0.15, 0.2) is 22.7 Å². The molecule has 2 N–H and O–H groups in total. The van der Waals surface area contributed by atoms with Crippen LogP contribution in [0, 0.1) is 6.92 Å². The minimum Gasteiger partial charge on any atom is -0.323 e. The number of hydrogen-bond acceptors (Lipinski definition) is 3. The van der Waals surface area contributed by atoms with E-state index in [0.717, 1.165) is 26.9 Å². The summed E-state index contributed by atoms with van der Waals surface area (Å²) < 4.78 is 1.02. The molecule has 0 aliphatic carbocycles. The number of halogens is 1. The number of nitrogens with zero attached hydrogens (tertiary/aromatic N) is 2. The number of aromatic nitrogens is 2. The molecule has 3 nitrogen and oxygen atoms in total. The van der Waals surface area contributed by atoms with E-state index in [1.54, 1.807) is 0 Å². The number of rotatable bonds is 1. The molecule has 4 heteroatoms. The smallest absolute Gasteiger partial charge is 0.126 e. The third kappa shape index (κ3) is 2.01. The zero-order chi connectivity index (χ0) is 11.0. The lowest BCUT2D eigenvalue weighted by molar-refractivity contribution is 0.779. The maximum Gasteiger partial charge on any atom is 0.126 e. The second-order valence-electron chi connectivity index (χ2n) is 3.61. The highest BCUT2D eigenvalue weighted by Gasteiger charge is 2.09. The van der Waals surface area contributed by atoms with Gasteiger partial charge in [-0.2, -0.15) is 0 Å². The third-order valence-corrected chi connectivity index (χ3v) is 2.72. The predicted octanol–water partition coefficient (Wildman–Crippen LogP) is 2.72. The molecule has 0 saturated heterocycles. The van der Waals surface area contributed by atoms with Crippen molar-refractivity contribution < 1.29 is 0 Å².